The average molecular weight is 260 g/mol. The van der Waals surface area contributed by atoms with Crippen molar-refractivity contribution in [3.05, 3.63) is 70.0 Å². The van der Waals surface area contributed by atoms with Crippen molar-refractivity contribution in [2.75, 3.05) is 5.32 Å². The fourth-order valence-electron chi connectivity index (χ4n) is 1.49. The van der Waals surface area contributed by atoms with Crippen molar-refractivity contribution in [2.45, 2.75) is 0 Å². The van der Waals surface area contributed by atoms with Gasteiger partial charge >= 0.3 is 0 Å². The number of nitro groups is 1. The van der Waals surface area contributed by atoms with E-state index in [1.807, 2.05) is 0 Å². The van der Waals surface area contributed by atoms with Gasteiger partial charge < -0.3 is 5.32 Å². The zero-order chi connectivity index (χ0) is 13.8. The zero-order valence-electron chi connectivity index (χ0n) is 9.67. The number of halogens is 1. The Kier molecular flexibility index (Phi) is 3.51. The lowest BCUT2D eigenvalue weighted by Gasteiger charge is -2.05. The smallest absolute Gasteiger partial charge is 0.269 e. The molecule has 0 spiro atoms. The maximum absolute atomic E-state index is 13.3. The number of carbonyl (C=O) groups excluding carboxylic acids is 1. The summed E-state index contributed by atoms with van der Waals surface area (Å²) in [6.07, 6.45) is 0. The minimum absolute atomic E-state index is 0.0610. The Labute approximate surface area is 107 Å². The van der Waals surface area contributed by atoms with Crippen molar-refractivity contribution in [2.24, 2.45) is 0 Å². The summed E-state index contributed by atoms with van der Waals surface area (Å²) in [6.45, 7) is 0. The molecule has 0 unspecified atom stereocenters. The van der Waals surface area contributed by atoms with Gasteiger partial charge in [-0.2, -0.15) is 0 Å². The molecule has 2 rings (SSSR count). The molecule has 1 N–H and O–H groups in total. The first-order valence-electron chi connectivity index (χ1n) is 5.38. The summed E-state index contributed by atoms with van der Waals surface area (Å²) < 4.78 is 13.3. The molecule has 5 nitrogen and oxygen atoms in total. The quantitative estimate of drug-likeness (QED) is 0.681. The molecule has 0 aliphatic heterocycles. The second-order valence-corrected chi connectivity index (χ2v) is 3.74. The predicted octanol–water partition coefficient (Wildman–Crippen LogP) is 2.99. The molecular weight excluding hydrogens is 251 g/mol. The lowest BCUT2D eigenvalue weighted by atomic mass is 10.2. The third-order valence-corrected chi connectivity index (χ3v) is 2.46. The molecule has 0 fully saturated rings. The van der Waals surface area contributed by atoms with Gasteiger partial charge in [0, 0.05) is 17.7 Å². The maximum atomic E-state index is 13.3. The van der Waals surface area contributed by atoms with Gasteiger partial charge in [-0.05, 0) is 24.3 Å². The van der Waals surface area contributed by atoms with E-state index in [1.54, 1.807) is 6.07 Å². The first-order chi connectivity index (χ1) is 9.08. The van der Waals surface area contributed by atoms with Crippen LogP contribution >= 0.6 is 0 Å². The SMILES string of the molecule is O=C(Nc1ccccc1F)c1ccc([N+](=O)[O-])cc1. The Morgan fingerprint density at radius 3 is 2.32 bits per heavy atom. The van der Waals surface area contributed by atoms with Gasteiger partial charge in [0.25, 0.3) is 11.6 Å². The molecular formula is C13H9FN2O3. The van der Waals surface area contributed by atoms with Crippen molar-refractivity contribution < 1.29 is 14.1 Å². The van der Waals surface area contributed by atoms with Crippen LogP contribution in [-0.4, -0.2) is 10.8 Å². The maximum Gasteiger partial charge on any atom is 0.269 e. The van der Waals surface area contributed by atoms with E-state index in [0.29, 0.717) is 0 Å². The number of anilines is 1. The van der Waals surface area contributed by atoms with E-state index in [-0.39, 0.29) is 16.9 Å². The minimum Gasteiger partial charge on any atom is -0.319 e. The van der Waals surface area contributed by atoms with E-state index in [4.69, 9.17) is 0 Å². The summed E-state index contributed by atoms with van der Waals surface area (Å²) in [5, 5.41) is 12.9. The number of hydrogen-bond donors (Lipinski definition) is 1. The third-order valence-electron chi connectivity index (χ3n) is 2.46. The molecule has 6 heteroatoms. The van der Waals surface area contributed by atoms with Crippen molar-refractivity contribution in [3.8, 4) is 0 Å². The van der Waals surface area contributed by atoms with Crippen LogP contribution in [0.3, 0.4) is 0 Å². The van der Waals surface area contributed by atoms with Crippen LogP contribution in [0, 0.1) is 15.9 Å². The van der Waals surface area contributed by atoms with Crippen LogP contribution in [0.1, 0.15) is 10.4 Å². The van der Waals surface area contributed by atoms with E-state index in [9.17, 15) is 19.3 Å². The first-order valence-corrected chi connectivity index (χ1v) is 5.38. The predicted molar refractivity (Wildman–Crippen MR) is 67.4 cm³/mol. The molecule has 0 aliphatic carbocycles. The second kappa shape index (κ2) is 5.26. The fourth-order valence-corrected chi connectivity index (χ4v) is 1.49. The number of para-hydroxylation sites is 1. The Hall–Kier alpha value is -2.76. The highest BCUT2D eigenvalue weighted by Crippen LogP contribution is 2.16. The van der Waals surface area contributed by atoms with Gasteiger partial charge in [-0.15, -0.1) is 0 Å². The van der Waals surface area contributed by atoms with Gasteiger partial charge in [0.2, 0.25) is 0 Å². The van der Waals surface area contributed by atoms with Gasteiger partial charge in [-0.1, -0.05) is 12.1 Å². The second-order valence-electron chi connectivity index (χ2n) is 3.74. The first kappa shape index (κ1) is 12.7. The molecule has 2 aromatic carbocycles. The van der Waals surface area contributed by atoms with Crippen LogP contribution < -0.4 is 5.32 Å². The van der Waals surface area contributed by atoms with E-state index in [1.165, 1.54) is 42.5 Å². The van der Waals surface area contributed by atoms with Gasteiger partial charge in [-0.3, -0.25) is 14.9 Å². The van der Waals surface area contributed by atoms with E-state index >= 15 is 0 Å². The summed E-state index contributed by atoms with van der Waals surface area (Å²) in [7, 11) is 0. The van der Waals surface area contributed by atoms with E-state index in [2.05, 4.69) is 5.32 Å². The molecule has 0 radical (unpaired) electrons. The van der Waals surface area contributed by atoms with Crippen LogP contribution in [-0.2, 0) is 0 Å². The lowest BCUT2D eigenvalue weighted by molar-refractivity contribution is -0.384. The lowest BCUT2D eigenvalue weighted by Crippen LogP contribution is -2.12. The van der Waals surface area contributed by atoms with Crippen molar-refractivity contribution >= 4 is 17.3 Å². The number of benzene rings is 2. The molecule has 0 atom stereocenters. The number of rotatable bonds is 3. The van der Waals surface area contributed by atoms with Crippen LogP contribution in [0.2, 0.25) is 0 Å². The average Bonchev–Trinajstić information content (AvgIpc) is 2.41. The summed E-state index contributed by atoms with van der Waals surface area (Å²) in [4.78, 5) is 21.7. The van der Waals surface area contributed by atoms with Gasteiger partial charge in [0.1, 0.15) is 5.82 Å². The van der Waals surface area contributed by atoms with Gasteiger partial charge in [0.15, 0.2) is 0 Å². The standard InChI is InChI=1S/C13H9FN2O3/c14-11-3-1-2-4-12(11)15-13(17)9-5-7-10(8-6-9)16(18)19/h1-8H,(H,15,17). The monoisotopic (exact) mass is 260 g/mol. The number of nitrogens with one attached hydrogen (secondary N) is 1. The minimum atomic E-state index is -0.557. The topological polar surface area (TPSA) is 72.2 Å². The van der Waals surface area contributed by atoms with Crippen LogP contribution in [0.4, 0.5) is 15.8 Å². The summed E-state index contributed by atoms with van der Waals surface area (Å²) >= 11 is 0. The highest BCUT2D eigenvalue weighted by atomic mass is 19.1. The number of non-ortho nitro benzene ring substituents is 1. The molecule has 0 aromatic heterocycles. The van der Waals surface area contributed by atoms with Crippen molar-refractivity contribution in [1.82, 2.24) is 0 Å². The molecule has 0 saturated heterocycles. The number of hydrogen-bond acceptors (Lipinski definition) is 3. The third kappa shape index (κ3) is 2.92. The molecule has 1 amide bonds. The molecule has 2 aromatic rings. The normalized spacial score (nSPS) is 9.95. The Morgan fingerprint density at radius 2 is 1.74 bits per heavy atom. The van der Waals surface area contributed by atoms with Gasteiger partial charge in [-0.25, -0.2) is 4.39 Å². The van der Waals surface area contributed by atoms with Crippen LogP contribution in [0.15, 0.2) is 48.5 Å². The van der Waals surface area contributed by atoms with Crippen LogP contribution in [0.25, 0.3) is 0 Å². The molecule has 0 bridgehead atoms. The van der Waals surface area contributed by atoms with E-state index < -0.39 is 16.6 Å². The molecule has 0 saturated carbocycles. The largest absolute Gasteiger partial charge is 0.319 e. The number of amides is 1. The molecule has 0 heterocycles. The summed E-state index contributed by atoms with van der Waals surface area (Å²) in [5.41, 5.74) is 0.169. The van der Waals surface area contributed by atoms with Crippen molar-refractivity contribution in [3.63, 3.8) is 0 Å². The highest BCUT2D eigenvalue weighted by Gasteiger charge is 2.11. The molecule has 19 heavy (non-hydrogen) atoms. The fraction of sp³-hybridized carbons (Fsp3) is 0. The Morgan fingerprint density at radius 1 is 1.11 bits per heavy atom. The summed E-state index contributed by atoms with van der Waals surface area (Å²) in [6, 6.07) is 10.8. The number of nitrogens with zero attached hydrogens (tertiary/aromatic N) is 1. The molecule has 96 valence electrons. The zero-order valence-corrected chi connectivity index (χ0v) is 9.67. The molecule has 0 aliphatic rings. The van der Waals surface area contributed by atoms with Crippen LogP contribution in [0.5, 0.6) is 0 Å². The number of carbonyl (C=O) groups is 1. The van der Waals surface area contributed by atoms with Gasteiger partial charge in [0.05, 0.1) is 10.6 Å². The summed E-state index contributed by atoms with van der Waals surface area (Å²) in [5.74, 6) is -1.07. The highest BCUT2D eigenvalue weighted by molar-refractivity contribution is 6.04. The Balaban J connectivity index is 2.16. The Bertz CT molecular complexity index is 626. The number of nitro benzene ring substituents is 1. The van der Waals surface area contributed by atoms with Crippen molar-refractivity contribution in [1.29, 1.82) is 0 Å². The van der Waals surface area contributed by atoms with E-state index in [0.717, 1.165) is 0 Å².